The molecule has 1 amide bonds. The Morgan fingerprint density at radius 3 is 2.67 bits per heavy atom. The maximum absolute atomic E-state index is 11.1. The van der Waals surface area contributed by atoms with Crippen molar-refractivity contribution in [2.24, 2.45) is 0 Å². The Hall–Kier alpha value is -1.61. The third-order valence-corrected chi connectivity index (χ3v) is 4.02. The fourth-order valence-electron chi connectivity index (χ4n) is 1.82. The summed E-state index contributed by atoms with van der Waals surface area (Å²) in [4.78, 5) is 13.8. The number of carbonyl (C=O) groups is 1. The Morgan fingerprint density at radius 2 is 1.94 bits per heavy atom. The lowest BCUT2D eigenvalue weighted by Gasteiger charge is -1.98. The Labute approximate surface area is 112 Å². The molecule has 0 fully saturated rings. The van der Waals surface area contributed by atoms with Crippen LogP contribution in [0, 0.1) is 0 Å². The molecule has 1 heterocycles. The van der Waals surface area contributed by atoms with Crippen LogP contribution in [0.4, 0.5) is 0 Å². The highest BCUT2D eigenvalue weighted by Gasteiger charge is 2.03. The summed E-state index contributed by atoms with van der Waals surface area (Å²) < 4.78 is 0. The molecule has 1 aromatic carbocycles. The van der Waals surface area contributed by atoms with Gasteiger partial charge in [-0.2, -0.15) is 0 Å². The maximum Gasteiger partial charge on any atom is 0.219 e. The lowest BCUT2D eigenvalue weighted by Crippen LogP contribution is -2.17. The van der Waals surface area contributed by atoms with E-state index >= 15 is 0 Å². The molecule has 18 heavy (non-hydrogen) atoms. The molecule has 0 radical (unpaired) electrons. The van der Waals surface area contributed by atoms with Crippen molar-refractivity contribution in [1.82, 2.24) is 5.32 Å². The van der Waals surface area contributed by atoms with E-state index in [0.29, 0.717) is 6.42 Å². The van der Waals surface area contributed by atoms with Gasteiger partial charge in [0, 0.05) is 23.2 Å². The average molecular weight is 259 g/mol. The number of nitrogens with one attached hydrogen (secondary N) is 1. The minimum absolute atomic E-state index is 0.120. The van der Waals surface area contributed by atoms with E-state index in [1.807, 2.05) is 17.4 Å². The second-order valence-electron chi connectivity index (χ2n) is 4.16. The third kappa shape index (κ3) is 3.44. The highest BCUT2D eigenvalue weighted by atomic mass is 32.1. The molecule has 0 aliphatic heterocycles. The first-order valence-corrected chi connectivity index (χ1v) is 6.96. The van der Waals surface area contributed by atoms with Gasteiger partial charge in [-0.05, 0) is 30.5 Å². The molecule has 0 atom stereocenters. The van der Waals surface area contributed by atoms with Crippen LogP contribution >= 0.6 is 11.3 Å². The van der Waals surface area contributed by atoms with E-state index in [-0.39, 0.29) is 5.91 Å². The molecule has 3 heteroatoms. The normalized spacial score (nSPS) is 10.3. The standard InChI is InChI=1S/C15H17NOS/c1-16-15(17)9-5-8-13-10-11-14(18-13)12-6-3-2-4-7-12/h2-4,6-7,10-11H,5,8-9H2,1H3,(H,16,17). The van der Waals surface area contributed by atoms with Crippen LogP contribution in [0.25, 0.3) is 10.4 Å². The number of thiophene rings is 1. The summed E-state index contributed by atoms with van der Waals surface area (Å²) in [7, 11) is 1.68. The SMILES string of the molecule is CNC(=O)CCCc1ccc(-c2ccccc2)s1. The van der Waals surface area contributed by atoms with Crippen LogP contribution in [0.1, 0.15) is 17.7 Å². The van der Waals surface area contributed by atoms with Gasteiger partial charge < -0.3 is 5.32 Å². The summed E-state index contributed by atoms with van der Waals surface area (Å²) in [6.07, 6.45) is 2.49. The van der Waals surface area contributed by atoms with Gasteiger partial charge in [0.2, 0.25) is 5.91 Å². The number of hydrogen-bond donors (Lipinski definition) is 1. The average Bonchev–Trinajstić information content (AvgIpc) is 2.88. The van der Waals surface area contributed by atoms with Crippen LogP contribution in [-0.2, 0) is 11.2 Å². The van der Waals surface area contributed by atoms with Gasteiger partial charge in [-0.25, -0.2) is 0 Å². The van der Waals surface area contributed by atoms with Gasteiger partial charge >= 0.3 is 0 Å². The van der Waals surface area contributed by atoms with Crippen molar-refractivity contribution in [3.63, 3.8) is 0 Å². The summed E-state index contributed by atoms with van der Waals surface area (Å²) in [6.45, 7) is 0. The smallest absolute Gasteiger partial charge is 0.219 e. The molecular weight excluding hydrogens is 242 g/mol. The van der Waals surface area contributed by atoms with Crippen LogP contribution < -0.4 is 5.32 Å². The molecule has 0 saturated heterocycles. The lowest BCUT2D eigenvalue weighted by atomic mass is 10.2. The van der Waals surface area contributed by atoms with E-state index in [2.05, 4.69) is 41.7 Å². The Bertz CT molecular complexity index is 504. The van der Waals surface area contributed by atoms with Crippen molar-refractivity contribution < 1.29 is 4.79 Å². The number of rotatable bonds is 5. The van der Waals surface area contributed by atoms with Crippen molar-refractivity contribution >= 4 is 17.2 Å². The largest absolute Gasteiger partial charge is 0.359 e. The molecule has 2 nitrogen and oxygen atoms in total. The van der Waals surface area contributed by atoms with E-state index in [0.717, 1.165) is 12.8 Å². The number of aryl methyl sites for hydroxylation is 1. The molecule has 0 aliphatic carbocycles. The van der Waals surface area contributed by atoms with Crippen molar-refractivity contribution in [2.75, 3.05) is 7.05 Å². The second-order valence-corrected chi connectivity index (χ2v) is 5.33. The monoisotopic (exact) mass is 259 g/mol. The van der Waals surface area contributed by atoms with Gasteiger partial charge in [0.15, 0.2) is 0 Å². The molecule has 2 aromatic rings. The zero-order chi connectivity index (χ0) is 12.8. The van der Waals surface area contributed by atoms with Crippen LogP contribution in [0.2, 0.25) is 0 Å². The van der Waals surface area contributed by atoms with E-state index < -0.39 is 0 Å². The number of carbonyl (C=O) groups excluding carboxylic acids is 1. The minimum Gasteiger partial charge on any atom is -0.359 e. The fourth-order valence-corrected chi connectivity index (χ4v) is 2.87. The van der Waals surface area contributed by atoms with Crippen molar-refractivity contribution in [3.05, 3.63) is 47.3 Å². The predicted molar refractivity (Wildman–Crippen MR) is 76.8 cm³/mol. The van der Waals surface area contributed by atoms with E-state index in [1.54, 1.807) is 7.05 Å². The van der Waals surface area contributed by atoms with Gasteiger partial charge in [0.1, 0.15) is 0 Å². The Morgan fingerprint density at radius 1 is 1.17 bits per heavy atom. The Kier molecular flexibility index (Phi) is 4.53. The second kappa shape index (κ2) is 6.36. The molecule has 0 unspecified atom stereocenters. The molecule has 0 saturated carbocycles. The zero-order valence-corrected chi connectivity index (χ0v) is 11.3. The first-order valence-electron chi connectivity index (χ1n) is 6.14. The van der Waals surface area contributed by atoms with Crippen LogP contribution in [0.5, 0.6) is 0 Å². The highest BCUT2D eigenvalue weighted by molar-refractivity contribution is 7.15. The quantitative estimate of drug-likeness (QED) is 0.875. The third-order valence-electron chi connectivity index (χ3n) is 2.83. The van der Waals surface area contributed by atoms with Gasteiger partial charge in [-0.3, -0.25) is 4.79 Å². The van der Waals surface area contributed by atoms with Crippen LogP contribution in [0.3, 0.4) is 0 Å². The van der Waals surface area contributed by atoms with Gasteiger partial charge in [0.05, 0.1) is 0 Å². The maximum atomic E-state index is 11.1. The van der Waals surface area contributed by atoms with Crippen LogP contribution in [-0.4, -0.2) is 13.0 Å². The minimum atomic E-state index is 0.120. The van der Waals surface area contributed by atoms with Gasteiger partial charge in [0.25, 0.3) is 0 Å². The van der Waals surface area contributed by atoms with Crippen LogP contribution in [0.15, 0.2) is 42.5 Å². The van der Waals surface area contributed by atoms with Crippen molar-refractivity contribution in [3.8, 4) is 10.4 Å². The van der Waals surface area contributed by atoms with Gasteiger partial charge in [-0.1, -0.05) is 30.3 Å². The molecule has 94 valence electrons. The first kappa shape index (κ1) is 12.8. The molecular formula is C15H17NOS. The number of benzene rings is 1. The summed E-state index contributed by atoms with van der Waals surface area (Å²) in [6, 6.07) is 14.7. The molecule has 2 rings (SSSR count). The van der Waals surface area contributed by atoms with Crippen molar-refractivity contribution in [2.45, 2.75) is 19.3 Å². The van der Waals surface area contributed by atoms with Crippen molar-refractivity contribution in [1.29, 1.82) is 0 Å². The Balaban J connectivity index is 1.93. The summed E-state index contributed by atoms with van der Waals surface area (Å²) in [5, 5.41) is 2.65. The summed E-state index contributed by atoms with van der Waals surface area (Å²) in [5.41, 5.74) is 1.26. The fraction of sp³-hybridized carbons (Fsp3) is 0.267. The first-order chi connectivity index (χ1) is 8.79. The number of amides is 1. The predicted octanol–water partition coefficient (Wildman–Crippen LogP) is 3.48. The van der Waals surface area contributed by atoms with Gasteiger partial charge in [-0.15, -0.1) is 11.3 Å². The molecule has 1 N–H and O–H groups in total. The highest BCUT2D eigenvalue weighted by Crippen LogP contribution is 2.28. The topological polar surface area (TPSA) is 29.1 Å². The molecule has 0 spiro atoms. The van der Waals surface area contributed by atoms with E-state index in [9.17, 15) is 4.79 Å². The lowest BCUT2D eigenvalue weighted by molar-refractivity contribution is -0.120. The van der Waals surface area contributed by atoms with E-state index in [1.165, 1.54) is 15.3 Å². The number of hydrogen-bond acceptors (Lipinski definition) is 2. The molecule has 0 bridgehead atoms. The summed E-state index contributed by atoms with van der Waals surface area (Å²) in [5.74, 6) is 0.120. The molecule has 1 aromatic heterocycles. The zero-order valence-electron chi connectivity index (χ0n) is 10.5. The molecule has 0 aliphatic rings. The summed E-state index contributed by atoms with van der Waals surface area (Å²) >= 11 is 1.81. The van der Waals surface area contributed by atoms with E-state index in [4.69, 9.17) is 0 Å².